The van der Waals surface area contributed by atoms with E-state index in [2.05, 4.69) is 6.58 Å². The molecule has 0 radical (unpaired) electrons. The molecule has 1 rings (SSSR count). The lowest BCUT2D eigenvalue weighted by atomic mass is 10.1. The molecule has 8 nitrogen and oxygen atoms in total. The molecule has 24 heavy (non-hydrogen) atoms. The number of benzene rings is 1. The molecule has 0 unspecified atom stereocenters. The second-order valence-electron chi connectivity index (χ2n) is 3.88. The Morgan fingerprint density at radius 2 is 1.38 bits per heavy atom. The first kappa shape index (κ1) is 22.9. The molecule has 0 aromatic heterocycles. The molecule has 130 valence electrons. The molecule has 1 aromatic rings. The van der Waals surface area contributed by atoms with Gasteiger partial charge in [0, 0.05) is 6.08 Å². The predicted molar refractivity (Wildman–Crippen MR) is 85.3 cm³/mol. The maximum absolute atomic E-state index is 10.5. The average molecular weight is 338 g/mol. The van der Waals surface area contributed by atoms with Crippen molar-refractivity contribution in [2.75, 3.05) is 0 Å². The van der Waals surface area contributed by atoms with Gasteiger partial charge < -0.3 is 20.4 Å². The molecule has 0 aliphatic rings. The number of aromatic carboxylic acids is 2. The van der Waals surface area contributed by atoms with Crippen LogP contribution in [-0.2, 0) is 9.59 Å². The Morgan fingerprint density at radius 3 is 1.50 bits per heavy atom. The van der Waals surface area contributed by atoms with E-state index >= 15 is 0 Å². The summed E-state index contributed by atoms with van der Waals surface area (Å²) in [5.74, 6) is -4.18. The number of allylic oxidation sites excluding steroid dienone is 1. The molecule has 0 fully saturated rings. The van der Waals surface area contributed by atoms with Gasteiger partial charge in [0.15, 0.2) is 0 Å². The Kier molecular flexibility index (Phi) is 12.6. The van der Waals surface area contributed by atoms with Crippen LogP contribution in [0.3, 0.4) is 0 Å². The molecule has 0 saturated heterocycles. The number of rotatable bonds is 5. The van der Waals surface area contributed by atoms with E-state index < -0.39 is 23.9 Å². The maximum atomic E-state index is 10.5. The molecule has 0 bridgehead atoms. The fourth-order valence-corrected chi connectivity index (χ4v) is 1.12. The third-order valence-electron chi connectivity index (χ3n) is 2.02. The van der Waals surface area contributed by atoms with Crippen molar-refractivity contribution in [1.82, 2.24) is 0 Å². The van der Waals surface area contributed by atoms with E-state index in [1.165, 1.54) is 36.4 Å². The molecule has 0 atom stereocenters. The highest BCUT2D eigenvalue weighted by molar-refractivity contribution is 6.01. The van der Waals surface area contributed by atoms with Crippen molar-refractivity contribution in [3.8, 4) is 0 Å². The largest absolute Gasteiger partial charge is 0.481 e. The number of aliphatic carboxylic acids is 2. The highest BCUT2D eigenvalue weighted by atomic mass is 16.4. The summed E-state index contributed by atoms with van der Waals surface area (Å²) in [5.41, 5.74) is -0.380. The summed E-state index contributed by atoms with van der Waals surface area (Å²) in [5, 5.41) is 32.8. The minimum atomic E-state index is -1.23. The summed E-state index contributed by atoms with van der Waals surface area (Å²) >= 11 is 0. The monoisotopic (exact) mass is 338 g/mol. The molecular weight excluding hydrogens is 320 g/mol. The van der Waals surface area contributed by atoms with Gasteiger partial charge in [0.25, 0.3) is 0 Å². The molecule has 8 heteroatoms. The number of hydrogen-bond acceptors (Lipinski definition) is 4. The van der Waals surface area contributed by atoms with Crippen molar-refractivity contribution in [1.29, 1.82) is 0 Å². The van der Waals surface area contributed by atoms with Crippen LogP contribution in [0.4, 0.5) is 0 Å². The SMILES string of the molecule is C=CCC(=O)O.CC=CC(=O)O.O=C(O)c1ccccc1C(=O)O. The first-order chi connectivity index (χ1) is 11.2. The summed E-state index contributed by atoms with van der Waals surface area (Å²) in [6.45, 7) is 4.88. The molecule has 0 heterocycles. The van der Waals surface area contributed by atoms with Crippen molar-refractivity contribution in [3.05, 3.63) is 60.2 Å². The second-order valence-corrected chi connectivity index (χ2v) is 3.88. The van der Waals surface area contributed by atoms with Crippen LogP contribution in [0.1, 0.15) is 34.1 Å². The lowest BCUT2D eigenvalue weighted by Gasteiger charge is -1.98. The third-order valence-corrected chi connectivity index (χ3v) is 2.02. The smallest absolute Gasteiger partial charge is 0.336 e. The minimum absolute atomic E-state index is 0.0556. The molecule has 0 amide bonds. The van der Waals surface area contributed by atoms with Gasteiger partial charge >= 0.3 is 23.9 Å². The highest BCUT2D eigenvalue weighted by Crippen LogP contribution is 2.07. The Labute approximate surface area is 138 Å². The van der Waals surface area contributed by atoms with Crippen molar-refractivity contribution < 1.29 is 39.6 Å². The predicted octanol–water partition coefficient (Wildman–Crippen LogP) is 2.38. The van der Waals surface area contributed by atoms with Gasteiger partial charge in [0.05, 0.1) is 17.5 Å². The van der Waals surface area contributed by atoms with E-state index in [0.717, 1.165) is 6.08 Å². The van der Waals surface area contributed by atoms with E-state index in [1.807, 2.05) is 0 Å². The van der Waals surface area contributed by atoms with Gasteiger partial charge in [-0.25, -0.2) is 14.4 Å². The molecule has 0 aliphatic carbocycles. The summed E-state index contributed by atoms with van der Waals surface area (Å²) in [6, 6.07) is 5.48. The Hall–Kier alpha value is -3.42. The van der Waals surface area contributed by atoms with Crippen molar-refractivity contribution in [2.24, 2.45) is 0 Å². The van der Waals surface area contributed by atoms with Gasteiger partial charge in [-0.15, -0.1) is 6.58 Å². The molecular formula is C16H18O8. The second kappa shape index (κ2) is 13.3. The zero-order valence-corrected chi connectivity index (χ0v) is 12.9. The van der Waals surface area contributed by atoms with Crippen LogP contribution >= 0.6 is 0 Å². The zero-order valence-electron chi connectivity index (χ0n) is 12.9. The molecule has 0 spiro atoms. The Morgan fingerprint density at radius 1 is 0.958 bits per heavy atom. The van der Waals surface area contributed by atoms with Gasteiger partial charge in [0.1, 0.15) is 0 Å². The average Bonchev–Trinajstić information content (AvgIpc) is 2.48. The van der Waals surface area contributed by atoms with Gasteiger partial charge in [-0.2, -0.15) is 0 Å². The van der Waals surface area contributed by atoms with Crippen molar-refractivity contribution >= 4 is 23.9 Å². The van der Waals surface area contributed by atoms with Gasteiger partial charge in [-0.1, -0.05) is 24.3 Å². The number of hydrogen-bond donors (Lipinski definition) is 4. The van der Waals surface area contributed by atoms with E-state index in [-0.39, 0.29) is 17.5 Å². The fourth-order valence-electron chi connectivity index (χ4n) is 1.12. The van der Waals surface area contributed by atoms with Crippen LogP contribution < -0.4 is 0 Å². The Bertz CT molecular complexity index is 583. The fraction of sp³-hybridized carbons (Fsp3) is 0.125. The first-order valence-corrected chi connectivity index (χ1v) is 6.41. The first-order valence-electron chi connectivity index (χ1n) is 6.41. The number of carboxylic acid groups (broad SMARTS) is 4. The van der Waals surface area contributed by atoms with E-state index in [4.69, 9.17) is 20.4 Å². The quantitative estimate of drug-likeness (QED) is 0.472. The van der Waals surface area contributed by atoms with Crippen molar-refractivity contribution in [3.63, 3.8) is 0 Å². The topological polar surface area (TPSA) is 149 Å². The third kappa shape index (κ3) is 12.3. The van der Waals surface area contributed by atoms with E-state index in [1.54, 1.807) is 6.92 Å². The summed E-state index contributed by atoms with van der Waals surface area (Å²) < 4.78 is 0. The zero-order chi connectivity index (χ0) is 19.1. The van der Waals surface area contributed by atoms with Gasteiger partial charge in [-0.05, 0) is 19.1 Å². The maximum Gasteiger partial charge on any atom is 0.336 e. The standard InChI is InChI=1S/C8H6O4.2C4H6O2/c9-7(10)5-3-1-2-4-6(5)8(11)12;2*1-2-3-4(5)6/h1-4H,(H,9,10)(H,11,12);2-3H,1H3,(H,5,6);2H,1,3H2,(H,5,6). The summed E-state index contributed by atoms with van der Waals surface area (Å²) in [7, 11) is 0. The summed E-state index contributed by atoms with van der Waals surface area (Å²) in [4.78, 5) is 40.0. The summed E-state index contributed by atoms with van der Waals surface area (Å²) in [6.07, 6.45) is 3.96. The van der Waals surface area contributed by atoms with Gasteiger partial charge in [-0.3, -0.25) is 4.79 Å². The van der Waals surface area contributed by atoms with Crippen LogP contribution in [0.5, 0.6) is 0 Å². The van der Waals surface area contributed by atoms with Crippen LogP contribution in [0.25, 0.3) is 0 Å². The van der Waals surface area contributed by atoms with Crippen LogP contribution in [0.15, 0.2) is 49.1 Å². The Balaban J connectivity index is 0. The van der Waals surface area contributed by atoms with E-state index in [0.29, 0.717) is 0 Å². The lowest BCUT2D eigenvalue weighted by molar-refractivity contribution is -0.136. The van der Waals surface area contributed by atoms with Crippen molar-refractivity contribution in [2.45, 2.75) is 13.3 Å². The lowest BCUT2D eigenvalue weighted by Crippen LogP contribution is -2.06. The number of carboxylic acids is 4. The van der Waals surface area contributed by atoms with Gasteiger partial charge in [0.2, 0.25) is 0 Å². The van der Waals surface area contributed by atoms with Crippen LogP contribution in [0, 0.1) is 0 Å². The molecule has 0 saturated carbocycles. The molecule has 0 aliphatic heterocycles. The highest BCUT2D eigenvalue weighted by Gasteiger charge is 2.13. The molecule has 4 N–H and O–H groups in total. The number of carbonyl (C=O) groups is 4. The minimum Gasteiger partial charge on any atom is -0.481 e. The van der Waals surface area contributed by atoms with E-state index in [9.17, 15) is 19.2 Å². The normalized spacial score (nSPS) is 8.88. The van der Waals surface area contributed by atoms with Crippen LogP contribution in [0.2, 0.25) is 0 Å². The van der Waals surface area contributed by atoms with Crippen LogP contribution in [-0.4, -0.2) is 44.3 Å². The molecule has 1 aromatic carbocycles.